The molecule has 0 aliphatic carbocycles. The zero-order valence-electron chi connectivity index (χ0n) is 15.8. The molecule has 2 fully saturated rings. The van der Waals surface area contributed by atoms with Crippen LogP contribution in [0, 0.1) is 5.92 Å². The second kappa shape index (κ2) is 7.55. The number of fused-ring (bicyclic) bond motifs is 1. The molecule has 4 rings (SSSR count). The molecular weight excluding hydrogens is 362 g/mol. The van der Waals surface area contributed by atoms with E-state index < -0.39 is 18.1 Å². The van der Waals surface area contributed by atoms with Crippen LogP contribution in [0.25, 0.3) is 0 Å². The van der Waals surface area contributed by atoms with Gasteiger partial charge in [0.15, 0.2) is 11.5 Å². The molecule has 28 heavy (non-hydrogen) atoms. The Bertz CT molecular complexity index is 867. The SMILES string of the molecule is COc1ccc(C2CCNC3C2C(=O)NC(=O)N3Cc2ccco2)cc1OC. The van der Waals surface area contributed by atoms with Crippen molar-refractivity contribution in [2.45, 2.75) is 25.0 Å². The van der Waals surface area contributed by atoms with Gasteiger partial charge in [-0.2, -0.15) is 0 Å². The summed E-state index contributed by atoms with van der Waals surface area (Å²) in [5, 5.41) is 5.84. The third-order valence-corrected chi connectivity index (χ3v) is 5.45. The van der Waals surface area contributed by atoms with Crippen LogP contribution in [0.4, 0.5) is 4.79 Å². The number of ether oxygens (including phenoxy) is 2. The number of hydrogen-bond acceptors (Lipinski definition) is 6. The van der Waals surface area contributed by atoms with Crippen molar-refractivity contribution in [1.29, 1.82) is 0 Å². The number of methoxy groups -OCH3 is 2. The molecule has 3 amide bonds. The Morgan fingerprint density at radius 3 is 2.71 bits per heavy atom. The van der Waals surface area contributed by atoms with Crippen molar-refractivity contribution in [3.8, 4) is 11.5 Å². The van der Waals surface area contributed by atoms with Crippen molar-refractivity contribution in [2.75, 3.05) is 20.8 Å². The van der Waals surface area contributed by atoms with Crippen molar-refractivity contribution < 1.29 is 23.5 Å². The van der Waals surface area contributed by atoms with E-state index in [1.807, 2.05) is 24.3 Å². The smallest absolute Gasteiger partial charge is 0.325 e. The van der Waals surface area contributed by atoms with Gasteiger partial charge < -0.3 is 18.8 Å². The summed E-state index contributed by atoms with van der Waals surface area (Å²) < 4.78 is 16.1. The quantitative estimate of drug-likeness (QED) is 0.819. The minimum Gasteiger partial charge on any atom is -0.493 e. The molecule has 2 saturated heterocycles. The Kier molecular flexibility index (Phi) is 4.95. The third kappa shape index (κ3) is 3.20. The highest BCUT2D eigenvalue weighted by molar-refractivity contribution is 5.99. The Morgan fingerprint density at radius 2 is 2.00 bits per heavy atom. The number of hydrogen-bond donors (Lipinski definition) is 2. The lowest BCUT2D eigenvalue weighted by Gasteiger charge is -2.46. The Balaban J connectivity index is 1.65. The molecule has 8 heteroatoms. The Hall–Kier alpha value is -3.00. The number of amides is 3. The van der Waals surface area contributed by atoms with E-state index in [9.17, 15) is 9.59 Å². The first-order valence-electron chi connectivity index (χ1n) is 9.21. The zero-order valence-corrected chi connectivity index (χ0v) is 15.8. The minimum absolute atomic E-state index is 0.0572. The molecule has 0 radical (unpaired) electrons. The molecule has 2 N–H and O–H groups in total. The van der Waals surface area contributed by atoms with Gasteiger partial charge in [-0.15, -0.1) is 0 Å². The molecular formula is C20H23N3O5. The molecule has 2 aromatic rings. The summed E-state index contributed by atoms with van der Waals surface area (Å²) in [6.07, 6.45) is 1.94. The normalized spacial score (nSPS) is 24.5. The van der Waals surface area contributed by atoms with E-state index in [4.69, 9.17) is 13.9 Å². The largest absolute Gasteiger partial charge is 0.493 e. The number of carbonyl (C=O) groups is 2. The fourth-order valence-electron chi connectivity index (χ4n) is 4.13. The average Bonchev–Trinajstić information content (AvgIpc) is 3.23. The van der Waals surface area contributed by atoms with E-state index in [-0.39, 0.29) is 11.8 Å². The summed E-state index contributed by atoms with van der Waals surface area (Å²) in [6.45, 7) is 0.980. The predicted molar refractivity (Wildman–Crippen MR) is 100.0 cm³/mol. The monoisotopic (exact) mass is 385 g/mol. The molecule has 0 bridgehead atoms. The molecule has 2 aliphatic heterocycles. The minimum atomic E-state index is -0.417. The van der Waals surface area contributed by atoms with Gasteiger partial charge in [-0.1, -0.05) is 6.07 Å². The lowest BCUT2D eigenvalue weighted by Crippen LogP contribution is -2.67. The van der Waals surface area contributed by atoms with Crippen LogP contribution in [-0.4, -0.2) is 43.8 Å². The number of imide groups is 1. The molecule has 8 nitrogen and oxygen atoms in total. The first-order valence-corrected chi connectivity index (χ1v) is 9.21. The van der Waals surface area contributed by atoms with Crippen molar-refractivity contribution in [3.63, 3.8) is 0 Å². The van der Waals surface area contributed by atoms with Crippen molar-refractivity contribution in [2.24, 2.45) is 5.92 Å². The van der Waals surface area contributed by atoms with Crippen molar-refractivity contribution >= 4 is 11.9 Å². The molecule has 1 aromatic carbocycles. The highest BCUT2D eigenvalue weighted by Crippen LogP contribution is 2.40. The summed E-state index contributed by atoms with van der Waals surface area (Å²) in [5.41, 5.74) is 0.983. The average molecular weight is 385 g/mol. The predicted octanol–water partition coefficient (Wildman–Crippen LogP) is 2.07. The Labute approximate surface area is 162 Å². The number of nitrogens with zero attached hydrogens (tertiary/aromatic N) is 1. The lowest BCUT2D eigenvalue weighted by molar-refractivity contribution is -0.131. The second-order valence-corrected chi connectivity index (χ2v) is 6.94. The maximum Gasteiger partial charge on any atom is 0.325 e. The van der Waals surface area contributed by atoms with Gasteiger partial charge in [0.1, 0.15) is 5.76 Å². The van der Waals surface area contributed by atoms with Crippen LogP contribution in [0.1, 0.15) is 23.7 Å². The van der Waals surface area contributed by atoms with Gasteiger partial charge in [0.25, 0.3) is 0 Å². The molecule has 0 saturated carbocycles. The van der Waals surface area contributed by atoms with Gasteiger partial charge in [0, 0.05) is 5.92 Å². The molecule has 148 valence electrons. The number of urea groups is 1. The van der Waals surface area contributed by atoms with Gasteiger partial charge >= 0.3 is 6.03 Å². The number of rotatable bonds is 5. The number of nitrogens with one attached hydrogen (secondary N) is 2. The van der Waals surface area contributed by atoms with Crippen molar-refractivity contribution in [3.05, 3.63) is 47.9 Å². The van der Waals surface area contributed by atoms with Crippen LogP contribution in [0.3, 0.4) is 0 Å². The maximum absolute atomic E-state index is 12.8. The lowest BCUT2D eigenvalue weighted by atomic mass is 9.77. The summed E-state index contributed by atoms with van der Waals surface area (Å²) in [5.74, 6) is 1.18. The third-order valence-electron chi connectivity index (χ3n) is 5.45. The van der Waals surface area contributed by atoms with Crippen LogP contribution < -0.4 is 20.1 Å². The Morgan fingerprint density at radius 1 is 1.18 bits per heavy atom. The summed E-state index contributed by atoms with van der Waals surface area (Å²) in [4.78, 5) is 26.9. The highest BCUT2D eigenvalue weighted by atomic mass is 16.5. The van der Waals surface area contributed by atoms with E-state index >= 15 is 0 Å². The van der Waals surface area contributed by atoms with E-state index in [1.54, 1.807) is 31.4 Å². The second-order valence-electron chi connectivity index (χ2n) is 6.94. The van der Waals surface area contributed by atoms with E-state index in [0.717, 1.165) is 12.0 Å². The van der Waals surface area contributed by atoms with Gasteiger partial charge in [-0.3, -0.25) is 15.4 Å². The highest BCUT2D eigenvalue weighted by Gasteiger charge is 2.47. The number of piperidine rings is 1. The number of benzene rings is 1. The first-order chi connectivity index (χ1) is 13.6. The fraction of sp³-hybridized carbons (Fsp3) is 0.400. The van der Waals surface area contributed by atoms with Gasteiger partial charge in [-0.05, 0) is 42.8 Å². The van der Waals surface area contributed by atoms with Gasteiger partial charge in [-0.25, -0.2) is 4.79 Å². The first kappa shape index (κ1) is 18.4. The van der Waals surface area contributed by atoms with E-state index in [1.165, 1.54) is 0 Å². The fourth-order valence-corrected chi connectivity index (χ4v) is 4.13. The molecule has 1 aromatic heterocycles. The van der Waals surface area contributed by atoms with E-state index in [2.05, 4.69) is 10.6 Å². The van der Waals surface area contributed by atoms with Crippen LogP contribution >= 0.6 is 0 Å². The van der Waals surface area contributed by atoms with Crippen LogP contribution in [0.2, 0.25) is 0 Å². The van der Waals surface area contributed by atoms with Crippen LogP contribution in [-0.2, 0) is 11.3 Å². The summed E-state index contributed by atoms with van der Waals surface area (Å²) in [6, 6.07) is 8.88. The molecule has 0 spiro atoms. The maximum atomic E-state index is 12.8. The number of carbonyl (C=O) groups excluding carboxylic acids is 2. The molecule has 3 heterocycles. The van der Waals surface area contributed by atoms with Crippen LogP contribution in [0.5, 0.6) is 11.5 Å². The molecule has 3 atom stereocenters. The van der Waals surface area contributed by atoms with E-state index in [0.29, 0.717) is 30.3 Å². The zero-order chi connectivity index (χ0) is 19.7. The summed E-state index contributed by atoms with van der Waals surface area (Å²) in [7, 11) is 3.18. The van der Waals surface area contributed by atoms with Crippen molar-refractivity contribution in [1.82, 2.24) is 15.5 Å². The molecule has 2 aliphatic rings. The van der Waals surface area contributed by atoms with Gasteiger partial charge in [0.2, 0.25) is 5.91 Å². The summed E-state index contributed by atoms with van der Waals surface area (Å²) >= 11 is 0. The van der Waals surface area contributed by atoms with Crippen LogP contribution in [0.15, 0.2) is 41.0 Å². The molecule has 3 unspecified atom stereocenters. The standard InChI is InChI=1S/C20H23N3O5/c1-26-15-6-5-12(10-16(15)27-2)14-7-8-21-18-17(14)19(24)22-20(25)23(18)11-13-4-3-9-28-13/h3-6,9-10,14,17-18,21H,7-8,11H2,1-2H3,(H,22,24,25). The number of furan rings is 1. The van der Waals surface area contributed by atoms with Gasteiger partial charge in [0.05, 0.1) is 39.1 Å². The topological polar surface area (TPSA) is 93.0 Å².